The number of nitrogens with zero attached hydrogens (tertiary/aromatic N) is 1. The molecular weight excluding hydrogens is 1300 g/mol. The summed E-state index contributed by atoms with van der Waals surface area (Å²) in [6.45, 7) is 4.33. The monoisotopic (exact) mass is 1470 g/mol. The summed E-state index contributed by atoms with van der Waals surface area (Å²) in [5, 5.41) is 0. The highest BCUT2D eigenvalue weighted by atomic mass is 31.2. The van der Waals surface area contributed by atoms with E-state index in [1.54, 1.807) is 0 Å². The molecule has 0 rings (SSSR count). The number of quaternary nitrogens is 1. The number of ether oxygens (including phenoxy) is 2. The number of phosphoric acid groups is 1. The summed E-state index contributed by atoms with van der Waals surface area (Å²) in [6, 6.07) is 0. The van der Waals surface area contributed by atoms with Crippen molar-refractivity contribution in [1.29, 1.82) is 0 Å². The number of unbranched alkanes of at least 4 members (excludes halogenated alkanes) is 42. The molecule has 0 aliphatic carbocycles. The lowest BCUT2D eigenvalue weighted by atomic mass is 10.0. The number of allylic oxidation sites excluding steroid dienone is 24. The summed E-state index contributed by atoms with van der Waals surface area (Å²) in [5.74, 6) is -0.799. The zero-order chi connectivity index (χ0) is 75.4. The maximum atomic E-state index is 12.9. The van der Waals surface area contributed by atoms with Gasteiger partial charge in [-0.25, -0.2) is 4.57 Å². The standard InChI is InChI=1S/C94H164NO8P/c1-6-8-10-12-14-16-18-20-22-24-26-28-30-32-34-36-38-40-42-44-46-47-49-50-52-54-56-58-60-62-64-66-68-70-72-74-76-78-80-82-84-86-93(96)100-90-92(91-102-104(98,99)101-89-88-95(3,4)5)103-94(97)87-85-83-81-79-77-75-73-71-69-67-65-63-61-59-57-55-53-51-48-45-43-41-39-37-35-33-31-29-27-25-23-21-19-17-15-13-11-9-7-2/h9,11,15,17-18,20-21,23-24,26-27,29,33,35,39,41,45,48,53,55,59,61,65,67,92H,6-8,10,12-14,16,19,22,25,28,30-32,34,36-38,40,42-44,46-47,49-52,54,56-58,60,62-64,66,68-91H2,1-5H3/p+1/b11-9-,17-15-,20-18-,23-21-,26-24-,29-27-,35-33-,41-39-,48-45-,55-53-,61-59-,67-65-. The molecule has 0 fully saturated rings. The third-order valence-corrected chi connectivity index (χ3v) is 19.8. The van der Waals surface area contributed by atoms with Crippen LogP contribution >= 0.6 is 7.82 Å². The van der Waals surface area contributed by atoms with Crippen LogP contribution in [0.2, 0.25) is 0 Å². The number of likely N-dealkylation sites (N-methyl/N-ethyl adjacent to an activating group) is 1. The van der Waals surface area contributed by atoms with Crippen LogP contribution in [-0.4, -0.2) is 74.9 Å². The number of phosphoric ester groups is 1. The second-order valence-electron chi connectivity index (χ2n) is 30.2. The van der Waals surface area contributed by atoms with Gasteiger partial charge in [-0.3, -0.25) is 18.6 Å². The Morgan fingerprint density at radius 1 is 0.308 bits per heavy atom. The van der Waals surface area contributed by atoms with Crippen molar-refractivity contribution in [1.82, 2.24) is 0 Å². The third kappa shape index (κ3) is 86.8. The Hall–Kier alpha value is -4.11. The normalized spacial score (nSPS) is 13.7. The van der Waals surface area contributed by atoms with Crippen molar-refractivity contribution >= 4 is 19.8 Å². The Labute approximate surface area is 643 Å². The molecule has 0 saturated carbocycles. The van der Waals surface area contributed by atoms with Gasteiger partial charge in [0.25, 0.3) is 0 Å². The van der Waals surface area contributed by atoms with Gasteiger partial charge < -0.3 is 18.9 Å². The molecule has 0 amide bonds. The minimum atomic E-state index is -4.41. The van der Waals surface area contributed by atoms with Crippen LogP contribution < -0.4 is 0 Å². The van der Waals surface area contributed by atoms with Crippen LogP contribution in [0.15, 0.2) is 146 Å². The molecule has 0 bridgehead atoms. The van der Waals surface area contributed by atoms with Crippen LogP contribution in [0, 0.1) is 0 Å². The summed E-state index contributed by atoms with van der Waals surface area (Å²) in [6.07, 6.45) is 123. The van der Waals surface area contributed by atoms with Gasteiger partial charge in [0, 0.05) is 12.8 Å². The molecule has 0 aliphatic rings. The van der Waals surface area contributed by atoms with Gasteiger partial charge in [-0.15, -0.1) is 0 Å². The number of carbonyl (C=O) groups excluding carboxylic acids is 2. The van der Waals surface area contributed by atoms with Crippen molar-refractivity contribution < 1.29 is 42.1 Å². The van der Waals surface area contributed by atoms with Crippen LogP contribution in [0.1, 0.15) is 386 Å². The molecule has 1 N–H and O–H groups in total. The van der Waals surface area contributed by atoms with Gasteiger partial charge in [0.2, 0.25) is 0 Å². The lowest BCUT2D eigenvalue weighted by Gasteiger charge is -2.24. The molecule has 2 atom stereocenters. The van der Waals surface area contributed by atoms with Gasteiger partial charge in [-0.05, 0) is 122 Å². The zero-order valence-electron chi connectivity index (χ0n) is 68.5. The molecule has 0 heterocycles. The summed E-state index contributed by atoms with van der Waals surface area (Å²) >= 11 is 0. The fourth-order valence-electron chi connectivity index (χ4n) is 12.3. The molecule has 0 aromatic carbocycles. The fraction of sp³-hybridized carbons (Fsp3) is 0.723. The van der Waals surface area contributed by atoms with Crippen LogP contribution in [-0.2, 0) is 32.7 Å². The summed E-state index contributed by atoms with van der Waals surface area (Å²) in [4.78, 5) is 36.0. The fourth-order valence-corrected chi connectivity index (χ4v) is 13.0. The van der Waals surface area contributed by atoms with E-state index >= 15 is 0 Å². The predicted octanol–water partition coefficient (Wildman–Crippen LogP) is 29.6. The van der Waals surface area contributed by atoms with E-state index in [1.807, 2.05) is 21.1 Å². The average molecular weight is 1470 g/mol. The SMILES string of the molecule is CC/C=C\C/C=C\C/C=C\C/C=C\C/C=C\C/C=C\C/C=C\C/C=C\C/C=C\C/C=C\CCCCCCCCCCC(=O)OC(COC(=O)CCCCCCCCCCCCCCCCCCCCCCCCCCCCCCC/C=C\C/C=C\CCCCCCC)COP(=O)(O)OCC[N+](C)(C)C. The Morgan fingerprint density at radius 3 is 0.817 bits per heavy atom. The first-order valence-corrected chi connectivity index (χ1v) is 45.1. The summed E-state index contributed by atoms with van der Waals surface area (Å²) in [5.41, 5.74) is 0. The molecule has 0 aromatic heterocycles. The van der Waals surface area contributed by atoms with Crippen molar-refractivity contribution in [3.8, 4) is 0 Å². The molecule has 0 aromatic rings. The third-order valence-electron chi connectivity index (χ3n) is 18.9. The number of esters is 2. The maximum Gasteiger partial charge on any atom is 0.472 e. The molecule has 0 aliphatic heterocycles. The lowest BCUT2D eigenvalue weighted by Crippen LogP contribution is -2.37. The zero-order valence-corrected chi connectivity index (χ0v) is 69.4. The molecule has 104 heavy (non-hydrogen) atoms. The van der Waals surface area contributed by atoms with Gasteiger partial charge in [-0.1, -0.05) is 397 Å². The highest BCUT2D eigenvalue weighted by Gasteiger charge is 2.27. The average Bonchev–Trinajstić information content (AvgIpc) is 0.915. The topological polar surface area (TPSA) is 108 Å². The Morgan fingerprint density at radius 2 is 0.548 bits per heavy atom. The van der Waals surface area contributed by atoms with E-state index in [0.29, 0.717) is 17.4 Å². The van der Waals surface area contributed by atoms with Crippen LogP contribution in [0.3, 0.4) is 0 Å². The van der Waals surface area contributed by atoms with Gasteiger partial charge in [0.15, 0.2) is 6.10 Å². The molecular formula is C94H165NO8P+. The Balaban J connectivity index is 3.96. The van der Waals surface area contributed by atoms with Crippen molar-refractivity contribution in [3.05, 3.63) is 146 Å². The number of hydrogen-bond acceptors (Lipinski definition) is 7. The van der Waals surface area contributed by atoms with E-state index in [2.05, 4.69) is 160 Å². The molecule has 0 spiro atoms. The molecule has 9 nitrogen and oxygen atoms in total. The number of hydrogen-bond donors (Lipinski definition) is 1. The number of carbonyl (C=O) groups is 2. The summed E-state index contributed by atoms with van der Waals surface area (Å²) in [7, 11) is 1.47. The first-order chi connectivity index (χ1) is 51.0. The van der Waals surface area contributed by atoms with Crippen molar-refractivity contribution in [3.63, 3.8) is 0 Å². The molecule has 0 saturated heterocycles. The van der Waals surface area contributed by atoms with Crippen molar-refractivity contribution in [2.45, 2.75) is 392 Å². The van der Waals surface area contributed by atoms with Crippen LogP contribution in [0.5, 0.6) is 0 Å². The van der Waals surface area contributed by atoms with Gasteiger partial charge in [-0.2, -0.15) is 0 Å². The molecule has 2 unspecified atom stereocenters. The molecule has 10 heteroatoms. The van der Waals surface area contributed by atoms with E-state index in [0.717, 1.165) is 116 Å². The van der Waals surface area contributed by atoms with Gasteiger partial charge >= 0.3 is 19.8 Å². The lowest BCUT2D eigenvalue weighted by molar-refractivity contribution is -0.870. The second-order valence-corrected chi connectivity index (χ2v) is 31.6. The van der Waals surface area contributed by atoms with E-state index in [-0.39, 0.29) is 32.0 Å². The Bertz CT molecular complexity index is 2280. The van der Waals surface area contributed by atoms with Crippen LogP contribution in [0.25, 0.3) is 0 Å². The van der Waals surface area contributed by atoms with Crippen molar-refractivity contribution in [2.75, 3.05) is 47.5 Å². The second kappa shape index (κ2) is 82.9. The largest absolute Gasteiger partial charge is 0.472 e. The molecule has 598 valence electrons. The van der Waals surface area contributed by atoms with Crippen molar-refractivity contribution in [2.24, 2.45) is 0 Å². The van der Waals surface area contributed by atoms with Crippen LogP contribution in [0.4, 0.5) is 0 Å². The van der Waals surface area contributed by atoms with Gasteiger partial charge in [0.1, 0.15) is 19.8 Å². The van der Waals surface area contributed by atoms with E-state index in [4.69, 9.17) is 18.5 Å². The maximum absolute atomic E-state index is 12.9. The highest BCUT2D eigenvalue weighted by Crippen LogP contribution is 2.43. The van der Waals surface area contributed by atoms with E-state index in [9.17, 15) is 19.0 Å². The smallest absolute Gasteiger partial charge is 0.462 e. The number of rotatable bonds is 80. The van der Waals surface area contributed by atoms with E-state index in [1.165, 1.54) is 238 Å². The minimum absolute atomic E-state index is 0.0254. The summed E-state index contributed by atoms with van der Waals surface area (Å²) < 4.78 is 34.9. The predicted molar refractivity (Wildman–Crippen MR) is 454 cm³/mol. The van der Waals surface area contributed by atoms with Gasteiger partial charge in [0.05, 0.1) is 27.7 Å². The Kier molecular flexibility index (Phi) is 79.7. The minimum Gasteiger partial charge on any atom is -0.462 e. The quantitative estimate of drug-likeness (QED) is 0.0211. The molecule has 0 radical (unpaired) electrons. The highest BCUT2D eigenvalue weighted by molar-refractivity contribution is 7.47. The van der Waals surface area contributed by atoms with E-state index < -0.39 is 26.5 Å². The first kappa shape index (κ1) is 99.9. The first-order valence-electron chi connectivity index (χ1n) is 43.6.